The summed E-state index contributed by atoms with van der Waals surface area (Å²) in [6.45, 7) is 3.94. The van der Waals surface area contributed by atoms with Gasteiger partial charge >= 0.3 is 0 Å². The van der Waals surface area contributed by atoms with Gasteiger partial charge in [-0.1, -0.05) is 11.8 Å². The smallest absolute Gasteiger partial charge is 0.191 e. The van der Waals surface area contributed by atoms with Crippen molar-refractivity contribution in [2.45, 2.75) is 12.1 Å². The molecular weight excluding hydrogens is 252 g/mol. The van der Waals surface area contributed by atoms with Gasteiger partial charge in [-0.05, 0) is 19.4 Å². The van der Waals surface area contributed by atoms with Crippen molar-refractivity contribution in [1.82, 2.24) is 9.97 Å². The zero-order valence-corrected chi connectivity index (χ0v) is 12.5. The van der Waals surface area contributed by atoms with Crippen LogP contribution >= 0.6 is 23.5 Å². The third-order valence-electron chi connectivity index (χ3n) is 2.25. The molecule has 0 aliphatic heterocycles. The maximum atomic E-state index is 4.52. The largest absolute Gasteiger partial charge is 0.370 e. The molecule has 0 atom stereocenters. The molecule has 0 aromatic carbocycles. The van der Waals surface area contributed by atoms with Crippen molar-refractivity contribution in [2.24, 2.45) is 0 Å². The Labute approximate surface area is 112 Å². The molecule has 0 saturated heterocycles. The molecule has 0 aliphatic carbocycles. The molecule has 0 aliphatic rings. The van der Waals surface area contributed by atoms with Crippen molar-refractivity contribution < 1.29 is 0 Å². The molecule has 1 heterocycles. The second-order valence-corrected chi connectivity index (χ2v) is 5.30. The summed E-state index contributed by atoms with van der Waals surface area (Å²) in [5.41, 5.74) is 0. The Bertz CT molecular complexity index is 346. The van der Waals surface area contributed by atoms with E-state index >= 15 is 0 Å². The summed E-state index contributed by atoms with van der Waals surface area (Å²) in [4.78, 5) is 11.1. The molecule has 1 rings (SSSR count). The minimum absolute atomic E-state index is 0.814. The predicted octanol–water partition coefficient (Wildman–Crippen LogP) is 2.43. The van der Waals surface area contributed by atoms with E-state index in [4.69, 9.17) is 0 Å². The lowest BCUT2D eigenvalue weighted by molar-refractivity contribution is 0.885. The van der Waals surface area contributed by atoms with Crippen molar-refractivity contribution in [1.29, 1.82) is 0 Å². The Morgan fingerprint density at radius 1 is 1.35 bits per heavy atom. The number of nitrogens with zero attached hydrogens (tertiary/aromatic N) is 3. The van der Waals surface area contributed by atoms with Gasteiger partial charge in [0.2, 0.25) is 0 Å². The van der Waals surface area contributed by atoms with E-state index in [-0.39, 0.29) is 0 Å². The lowest BCUT2D eigenvalue weighted by Gasteiger charge is -2.18. The molecule has 1 N–H and O–H groups in total. The molecule has 17 heavy (non-hydrogen) atoms. The summed E-state index contributed by atoms with van der Waals surface area (Å²) < 4.78 is 0. The molecule has 0 saturated carbocycles. The predicted molar refractivity (Wildman–Crippen MR) is 79.6 cm³/mol. The molecule has 4 nitrogen and oxygen atoms in total. The minimum Gasteiger partial charge on any atom is -0.370 e. The van der Waals surface area contributed by atoms with Gasteiger partial charge in [-0.15, -0.1) is 0 Å². The van der Waals surface area contributed by atoms with Crippen LogP contribution in [0.15, 0.2) is 11.2 Å². The van der Waals surface area contributed by atoms with Crippen LogP contribution in [0.3, 0.4) is 0 Å². The van der Waals surface area contributed by atoms with Crippen LogP contribution in [-0.4, -0.2) is 48.4 Å². The first kappa shape index (κ1) is 14.4. The normalized spacial score (nSPS) is 10.4. The molecule has 96 valence electrons. The van der Waals surface area contributed by atoms with E-state index in [9.17, 15) is 0 Å². The fourth-order valence-corrected chi connectivity index (χ4v) is 2.15. The molecule has 0 spiro atoms. The fourth-order valence-electron chi connectivity index (χ4n) is 1.31. The molecule has 0 unspecified atom stereocenters. The summed E-state index contributed by atoms with van der Waals surface area (Å²) >= 11 is 3.41. The third-order valence-corrected chi connectivity index (χ3v) is 3.39. The average Bonchev–Trinajstić information content (AvgIpc) is 2.35. The monoisotopic (exact) mass is 272 g/mol. The maximum Gasteiger partial charge on any atom is 0.191 e. The highest BCUT2D eigenvalue weighted by Gasteiger charge is 2.07. The van der Waals surface area contributed by atoms with Crippen LogP contribution in [0.1, 0.15) is 6.92 Å². The quantitative estimate of drug-likeness (QED) is 0.607. The van der Waals surface area contributed by atoms with Crippen molar-refractivity contribution >= 4 is 35.2 Å². The number of nitrogens with one attached hydrogen (secondary N) is 1. The van der Waals surface area contributed by atoms with Gasteiger partial charge in [0.05, 0.1) is 0 Å². The summed E-state index contributed by atoms with van der Waals surface area (Å²) in [5.74, 6) is 2.98. The Balaban J connectivity index is 2.85. The van der Waals surface area contributed by atoms with Gasteiger partial charge in [0.25, 0.3) is 0 Å². The third kappa shape index (κ3) is 4.63. The van der Waals surface area contributed by atoms with Crippen LogP contribution in [0.5, 0.6) is 0 Å². The summed E-state index contributed by atoms with van der Waals surface area (Å²) in [7, 11) is 2.07. The molecule has 0 amide bonds. The van der Waals surface area contributed by atoms with Gasteiger partial charge in [0.15, 0.2) is 5.16 Å². The highest BCUT2D eigenvalue weighted by atomic mass is 32.2. The minimum atomic E-state index is 0.814. The Morgan fingerprint density at radius 3 is 2.71 bits per heavy atom. The average molecular weight is 272 g/mol. The Hall–Kier alpha value is -0.620. The molecule has 0 bridgehead atoms. The van der Waals surface area contributed by atoms with Gasteiger partial charge in [-0.25, -0.2) is 9.97 Å². The number of anilines is 2. The molecule has 0 fully saturated rings. The highest BCUT2D eigenvalue weighted by Crippen LogP contribution is 2.19. The maximum absolute atomic E-state index is 4.52. The van der Waals surface area contributed by atoms with Gasteiger partial charge < -0.3 is 10.2 Å². The van der Waals surface area contributed by atoms with Crippen LogP contribution in [0, 0.1) is 0 Å². The Morgan fingerprint density at radius 2 is 2.12 bits per heavy atom. The standard InChI is InChI=1S/C11H20N4S2/c1-5-12-9-8-10(14-11(13-9)17-4)15(2)6-7-16-3/h8H,5-7H2,1-4H3,(H,12,13,14). The molecule has 1 aromatic heterocycles. The van der Waals surface area contributed by atoms with E-state index in [2.05, 4.69) is 40.4 Å². The number of rotatable bonds is 7. The second kappa shape index (κ2) is 7.66. The number of hydrogen-bond donors (Lipinski definition) is 1. The summed E-state index contributed by atoms with van der Waals surface area (Å²) in [6.07, 6.45) is 4.11. The van der Waals surface area contributed by atoms with E-state index in [0.29, 0.717) is 0 Å². The first-order valence-corrected chi connectivity index (χ1v) is 8.20. The number of hydrogen-bond acceptors (Lipinski definition) is 6. The van der Waals surface area contributed by atoms with Crippen molar-refractivity contribution in [2.75, 3.05) is 48.6 Å². The van der Waals surface area contributed by atoms with Crippen LogP contribution in [0.25, 0.3) is 0 Å². The second-order valence-electron chi connectivity index (χ2n) is 3.54. The van der Waals surface area contributed by atoms with Crippen molar-refractivity contribution in [3.05, 3.63) is 6.07 Å². The zero-order valence-electron chi connectivity index (χ0n) is 10.9. The first-order valence-electron chi connectivity index (χ1n) is 5.58. The van der Waals surface area contributed by atoms with Gasteiger partial charge in [0.1, 0.15) is 11.6 Å². The first-order chi connectivity index (χ1) is 8.21. The van der Waals surface area contributed by atoms with E-state index in [1.807, 2.05) is 24.1 Å². The van der Waals surface area contributed by atoms with Crippen molar-refractivity contribution in [3.63, 3.8) is 0 Å². The number of thioether (sulfide) groups is 2. The lowest BCUT2D eigenvalue weighted by Crippen LogP contribution is -2.22. The molecule has 1 aromatic rings. The van der Waals surface area contributed by atoms with Crippen LogP contribution in [0.2, 0.25) is 0 Å². The van der Waals surface area contributed by atoms with Gasteiger partial charge in [0, 0.05) is 32.0 Å². The van der Waals surface area contributed by atoms with Gasteiger partial charge in [-0.2, -0.15) is 11.8 Å². The van der Waals surface area contributed by atoms with E-state index in [0.717, 1.165) is 35.6 Å². The van der Waals surface area contributed by atoms with Crippen LogP contribution < -0.4 is 10.2 Å². The fraction of sp³-hybridized carbons (Fsp3) is 0.636. The van der Waals surface area contributed by atoms with Crippen molar-refractivity contribution in [3.8, 4) is 0 Å². The van der Waals surface area contributed by atoms with E-state index < -0.39 is 0 Å². The summed E-state index contributed by atoms with van der Waals surface area (Å²) in [6, 6.07) is 2.00. The van der Waals surface area contributed by atoms with E-state index in [1.54, 1.807) is 11.8 Å². The van der Waals surface area contributed by atoms with E-state index in [1.165, 1.54) is 0 Å². The molecule has 0 radical (unpaired) electrons. The topological polar surface area (TPSA) is 41.0 Å². The SMILES string of the molecule is CCNc1cc(N(C)CCSC)nc(SC)n1. The molecular formula is C11H20N4S2. The highest BCUT2D eigenvalue weighted by molar-refractivity contribution is 7.98. The van der Waals surface area contributed by atoms with Crippen LogP contribution in [0.4, 0.5) is 11.6 Å². The number of aromatic nitrogens is 2. The molecule has 6 heteroatoms. The Kier molecular flexibility index (Phi) is 6.50. The zero-order chi connectivity index (χ0) is 12.7. The summed E-state index contributed by atoms with van der Waals surface area (Å²) in [5, 5.41) is 4.05. The van der Waals surface area contributed by atoms with Crippen LogP contribution in [-0.2, 0) is 0 Å². The lowest BCUT2D eigenvalue weighted by atomic mass is 10.4. The van der Waals surface area contributed by atoms with Gasteiger partial charge in [-0.3, -0.25) is 0 Å².